The molecule has 1 aromatic rings. The number of hydrogen-bond donors (Lipinski definition) is 1. The third-order valence-electron chi connectivity index (χ3n) is 2.16. The van der Waals surface area contributed by atoms with Crippen LogP contribution in [0, 0.1) is 0 Å². The lowest BCUT2D eigenvalue weighted by molar-refractivity contribution is 0.0597. The monoisotopic (exact) mass is 209 g/mol. The summed E-state index contributed by atoms with van der Waals surface area (Å²) >= 11 is 0. The number of benzene rings is 1. The Kier molecular flexibility index (Phi) is 3.68. The number of hydrogen-bond acceptors (Lipinski definition) is 4. The Balaban J connectivity index is 3.15. The molecular formula is C11H15NO3. The third kappa shape index (κ3) is 2.47. The maximum atomic E-state index is 11.3. The molecule has 0 aromatic heterocycles. The molecule has 0 unspecified atom stereocenters. The van der Waals surface area contributed by atoms with Gasteiger partial charge in [-0.15, -0.1) is 0 Å². The van der Waals surface area contributed by atoms with E-state index in [0.717, 1.165) is 5.56 Å². The summed E-state index contributed by atoms with van der Waals surface area (Å²) in [5.41, 5.74) is 7.05. The van der Waals surface area contributed by atoms with Crippen LogP contribution < -0.4 is 10.5 Å². The van der Waals surface area contributed by atoms with Gasteiger partial charge in [-0.1, -0.05) is 6.07 Å². The van der Waals surface area contributed by atoms with E-state index in [9.17, 15) is 4.79 Å². The fourth-order valence-corrected chi connectivity index (χ4v) is 1.27. The van der Waals surface area contributed by atoms with Gasteiger partial charge in [0.05, 0.1) is 14.2 Å². The Morgan fingerprint density at radius 2 is 2.07 bits per heavy atom. The molecule has 1 aromatic carbocycles. The number of rotatable bonds is 3. The van der Waals surface area contributed by atoms with Crippen LogP contribution in [0.3, 0.4) is 0 Å². The molecule has 4 heteroatoms. The van der Waals surface area contributed by atoms with E-state index in [1.165, 1.54) is 14.2 Å². The van der Waals surface area contributed by atoms with Crippen LogP contribution in [0.4, 0.5) is 0 Å². The van der Waals surface area contributed by atoms with Gasteiger partial charge in [-0.25, -0.2) is 4.79 Å². The van der Waals surface area contributed by atoms with Gasteiger partial charge in [0.1, 0.15) is 11.3 Å². The van der Waals surface area contributed by atoms with Crippen molar-refractivity contribution in [3.63, 3.8) is 0 Å². The van der Waals surface area contributed by atoms with E-state index in [4.69, 9.17) is 10.5 Å². The maximum absolute atomic E-state index is 11.3. The molecule has 2 N–H and O–H groups in total. The van der Waals surface area contributed by atoms with E-state index in [1.807, 2.05) is 6.92 Å². The van der Waals surface area contributed by atoms with Crippen LogP contribution in [0.15, 0.2) is 18.2 Å². The van der Waals surface area contributed by atoms with Crippen molar-refractivity contribution >= 4 is 5.97 Å². The van der Waals surface area contributed by atoms with Crippen LogP contribution in [0.2, 0.25) is 0 Å². The normalized spacial score (nSPS) is 12.0. The van der Waals surface area contributed by atoms with Gasteiger partial charge in [0, 0.05) is 6.04 Å². The molecule has 1 rings (SSSR count). The van der Waals surface area contributed by atoms with Crippen LogP contribution >= 0.6 is 0 Å². The zero-order chi connectivity index (χ0) is 11.4. The van der Waals surface area contributed by atoms with Gasteiger partial charge < -0.3 is 15.2 Å². The molecule has 1 atom stereocenters. The second kappa shape index (κ2) is 4.79. The molecule has 0 aliphatic carbocycles. The van der Waals surface area contributed by atoms with Crippen LogP contribution in [0.5, 0.6) is 5.75 Å². The SMILES string of the molecule is COC(=O)c1ccc([C@H](C)N)cc1OC. The second-order valence-corrected chi connectivity index (χ2v) is 3.24. The van der Waals surface area contributed by atoms with Crippen molar-refractivity contribution in [3.8, 4) is 5.75 Å². The van der Waals surface area contributed by atoms with Crippen molar-refractivity contribution < 1.29 is 14.3 Å². The quantitative estimate of drug-likeness (QED) is 0.766. The number of methoxy groups -OCH3 is 2. The van der Waals surface area contributed by atoms with Gasteiger partial charge in [0.2, 0.25) is 0 Å². The van der Waals surface area contributed by atoms with E-state index in [1.54, 1.807) is 18.2 Å². The minimum atomic E-state index is -0.414. The molecule has 0 heterocycles. The molecule has 0 aliphatic rings. The van der Waals surface area contributed by atoms with E-state index < -0.39 is 5.97 Å². The third-order valence-corrected chi connectivity index (χ3v) is 2.16. The summed E-state index contributed by atoms with van der Waals surface area (Å²) in [5.74, 6) is 0.0692. The Labute approximate surface area is 89.0 Å². The predicted octanol–water partition coefficient (Wildman–Crippen LogP) is 1.50. The minimum absolute atomic E-state index is 0.0920. The summed E-state index contributed by atoms with van der Waals surface area (Å²) in [4.78, 5) is 11.3. The molecule has 15 heavy (non-hydrogen) atoms. The zero-order valence-corrected chi connectivity index (χ0v) is 9.11. The van der Waals surface area contributed by atoms with Crippen molar-refractivity contribution in [2.24, 2.45) is 5.73 Å². The molecule has 0 fully saturated rings. The molecule has 0 saturated heterocycles. The van der Waals surface area contributed by atoms with Gasteiger partial charge in [-0.3, -0.25) is 0 Å². The molecule has 82 valence electrons. The first kappa shape index (κ1) is 11.5. The number of nitrogens with two attached hydrogens (primary N) is 1. The Hall–Kier alpha value is -1.55. The van der Waals surface area contributed by atoms with E-state index in [2.05, 4.69) is 4.74 Å². The first-order valence-electron chi connectivity index (χ1n) is 4.62. The van der Waals surface area contributed by atoms with Crippen molar-refractivity contribution in [1.82, 2.24) is 0 Å². The topological polar surface area (TPSA) is 61.5 Å². The highest BCUT2D eigenvalue weighted by atomic mass is 16.5. The van der Waals surface area contributed by atoms with Crippen LogP contribution in [-0.4, -0.2) is 20.2 Å². The highest BCUT2D eigenvalue weighted by Crippen LogP contribution is 2.23. The highest BCUT2D eigenvalue weighted by Gasteiger charge is 2.13. The Bertz CT molecular complexity index is 361. The van der Waals surface area contributed by atoms with Gasteiger partial charge in [0.25, 0.3) is 0 Å². The standard InChI is InChI=1S/C11H15NO3/c1-7(12)8-4-5-9(11(13)15-3)10(6-8)14-2/h4-7H,12H2,1-3H3/t7-/m0/s1. The molecule has 0 saturated carbocycles. The number of esters is 1. The number of ether oxygens (including phenoxy) is 2. The fourth-order valence-electron chi connectivity index (χ4n) is 1.27. The lowest BCUT2D eigenvalue weighted by Crippen LogP contribution is -2.08. The Morgan fingerprint density at radius 3 is 2.53 bits per heavy atom. The number of carbonyl (C=O) groups is 1. The lowest BCUT2D eigenvalue weighted by atomic mass is 10.1. The molecule has 0 bridgehead atoms. The summed E-state index contributed by atoms with van der Waals surface area (Å²) in [6, 6.07) is 5.10. The van der Waals surface area contributed by atoms with Crippen molar-refractivity contribution in [3.05, 3.63) is 29.3 Å². The molecule has 0 aliphatic heterocycles. The smallest absolute Gasteiger partial charge is 0.341 e. The summed E-state index contributed by atoms with van der Waals surface area (Å²) in [7, 11) is 2.84. The average molecular weight is 209 g/mol. The zero-order valence-electron chi connectivity index (χ0n) is 9.11. The van der Waals surface area contributed by atoms with Crippen molar-refractivity contribution in [1.29, 1.82) is 0 Å². The maximum Gasteiger partial charge on any atom is 0.341 e. The van der Waals surface area contributed by atoms with Gasteiger partial charge >= 0.3 is 5.97 Å². The van der Waals surface area contributed by atoms with Crippen LogP contribution in [0.1, 0.15) is 28.9 Å². The Morgan fingerprint density at radius 1 is 1.40 bits per heavy atom. The summed E-state index contributed by atoms with van der Waals surface area (Å²) in [6.07, 6.45) is 0. The van der Waals surface area contributed by atoms with Crippen molar-refractivity contribution in [2.75, 3.05) is 14.2 Å². The molecule has 0 amide bonds. The summed E-state index contributed by atoms with van der Waals surface area (Å²) in [6.45, 7) is 1.87. The van der Waals surface area contributed by atoms with Gasteiger partial charge in [0.15, 0.2) is 0 Å². The lowest BCUT2D eigenvalue weighted by Gasteiger charge is -2.11. The van der Waals surface area contributed by atoms with E-state index in [0.29, 0.717) is 11.3 Å². The van der Waals surface area contributed by atoms with Gasteiger partial charge in [-0.05, 0) is 24.6 Å². The first-order chi connectivity index (χ1) is 7.10. The summed E-state index contributed by atoms with van der Waals surface area (Å²) < 4.78 is 9.73. The largest absolute Gasteiger partial charge is 0.496 e. The molecule has 0 spiro atoms. The van der Waals surface area contributed by atoms with Crippen LogP contribution in [-0.2, 0) is 4.74 Å². The van der Waals surface area contributed by atoms with Crippen molar-refractivity contribution in [2.45, 2.75) is 13.0 Å². The minimum Gasteiger partial charge on any atom is -0.496 e. The van der Waals surface area contributed by atoms with E-state index in [-0.39, 0.29) is 6.04 Å². The van der Waals surface area contributed by atoms with E-state index >= 15 is 0 Å². The van der Waals surface area contributed by atoms with Gasteiger partial charge in [-0.2, -0.15) is 0 Å². The van der Waals surface area contributed by atoms with Crippen LogP contribution in [0.25, 0.3) is 0 Å². The number of carbonyl (C=O) groups excluding carboxylic acids is 1. The average Bonchev–Trinajstić information content (AvgIpc) is 2.27. The highest BCUT2D eigenvalue weighted by molar-refractivity contribution is 5.92. The fraction of sp³-hybridized carbons (Fsp3) is 0.364. The predicted molar refractivity (Wildman–Crippen MR) is 56.9 cm³/mol. The summed E-state index contributed by atoms with van der Waals surface area (Å²) in [5, 5.41) is 0. The second-order valence-electron chi connectivity index (χ2n) is 3.24. The first-order valence-corrected chi connectivity index (χ1v) is 4.62. The molecule has 4 nitrogen and oxygen atoms in total. The molecular weight excluding hydrogens is 194 g/mol. The molecule has 0 radical (unpaired) electrons.